The highest BCUT2D eigenvalue weighted by molar-refractivity contribution is 5.89. The van der Waals surface area contributed by atoms with Crippen molar-refractivity contribution in [1.29, 1.82) is 0 Å². The lowest BCUT2D eigenvalue weighted by atomic mass is 10.1. The van der Waals surface area contributed by atoms with E-state index in [0.717, 1.165) is 5.56 Å². The van der Waals surface area contributed by atoms with E-state index in [0.29, 0.717) is 18.8 Å². The molecule has 0 saturated carbocycles. The van der Waals surface area contributed by atoms with Crippen molar-refractivity contribution < 1.29 is 18.7 Å². The second-order valence-electron chi connectivity index (χ2n) is 5.81. The van der Waals surface area contributed by atoms with Crippen molar-refractivity contribution in [3.05, 3.63) is 60.1 Å². The summed E-state index contributed by atoms with van der Waals surface area (Å²) in [6.07, 6.45) is 1.57. The summed E-state index contributed by atoms with van der Waals surface area (Å²) in [5.41, 5.74) is 0.985. The second-order valence-corrected chi connectivity index (χ2v) is 5.81. The van der Waals surface area contributed by atoms with E-state index in [1.54, 1.807) is 29.2 Å². The highest BCUT2D eigenvalue weighted by atomic mass is 16.5. The molecule has 3 rings (SSSR count). The zero-order valence-corrected chi connectivity index (χ0v) is 13.6. The maximum Gasteiger partial charge on any atom is 0.249 e. The summed E-state index contributed by atoms with van der Waals surface area (Å²) < 4.78 is 10.6. The Kier molecular flexibility index (Phi) is 4.96. The highest BCUT2D eigenvalue weighted by Crippen LogP contribution is 2.16. The molecule has 24 heavy (non-hydrogen) atoms. The first kappa shape index (κ1) is 16.3. The van der Waals surface area contributed by atoms with Gasteiger partial charge in [-0.05, 0) is 17.7 Å². The maximum atomic E-state index is 12.8. The number of amides is 2. The van der Waals surface area contributed by atoms with Crippen LogP contribution in [0.3, 0.4) is 0 Å². The van der Waals surface area contributed by atoms with Gasteiger partial charge >= 0.3 is 0 Å². The monoisotopic (exact) mass is 328 g/mol. The summed E-state index contributed by atoms with van der Waals surface area (Å²) in [4.78, 5) is 28.2. The molecule has 1 saturated heterocycles. The van der Waals surface area contributed by atoms with E-state index < -0.39 is 6.04 Å². The van der Waals surface area contributed by atoms with E-state index in [2.05, 4.69) is 0 Å². The minimum Gasteiger partial charge on any atom is -0.467 e. The first-order valence-corrected chi connectivity index (χ1v) is 7.83. The summed E-state index contributed by atoms with van der Waals surface area (Å²) in [5.74, 6) is 0.369. The van der Waals surface area contributed by atoms with Gasteiger partial charge in [0, 0.05) is 13.6 Å². The average molecular weight is 328 g/mol. The molecule has 2 heterocycles. The van der Waals surface area contributed by atoms with Crippen LogP contribution in [0.25, 0.3) is 0 Å². The van der Waals surface area contributed by atoms with Crippen LogP contribution in [0.1, 0.15) is 11.3 Å². The molecular formula is C18H20N2O4. The zero-order valence-electron chi connectivity index (χ0n) is 13.6. The molecule has 0 bridgehead atoms. The average Bonchev–Trinajstić information content (AvgIpc) is 3.10. The molecule has 0 unspecified atom stereocenters. The van der Waals surface area contributed by atoms with E-state index >= 15 is 0 Å². The Hall–Kier alpha value is -2.60. The predicted molar refractivity (Wildman–Crippen MR) is 86.8 cm³/mol. The van der Waals surface area contributed by atoms with Crippen LogP contribution in [-0.2, 0) is 27.4 Å². The summed E-state index contributed by atoms with van der Waals surface area (Å²) >= 11 is 0. The van der Waals surface area contributed by atoms with Gasteiger partial charge in [0.15, 0.2) is 0 Å². The van der Waals surface area contributed by atoms with Crippen molar-refractivity contribution in [2.24, 2.45) is 0 Å². The van der Waals surface area contributed by atoms with Crippen molar-refractivity contribution in [1.82, 2.24) is 9.80 Å². The molecule has 6 heteroatoms. The zero-order chi connectivity index (χ0) is 16.9. The Labute approximate surface area is 140 Å². The number of nitrogens with zero attached hydrogens (tertiary/aromatic N) is 2. The number of rotatable bonds is 5. The van der Waals surface area contributed by atoms with Crippen molar-refractivity contribution in [2.45, 2.75) is 19.1 Å². The molecule has 6 nitrogen and oxygen atoms in total. The fourth-order valence-corrected chi connectivity index (χ4v) is 2.76. The van der Waals surface area contributed by atoms with Gasteiger partial charge in [0.1, 0.15) is 18.4 Å². The van der Waals surface area contributed by atoms with Crippen LogP contribution >= 0.6 is 0 Å². The van der Waals surface area contributed by atoms with Crippen molar-refractivity contribution >= 4 is 11.8 Å². The van der Waals surface area contributed by atoms with Crippen molar-refractivity contribution in [3.63, 3.8) is 0 Å². The van der Waals surface area contributed by atoms with Crippen LogP contribution in [0, 0.1) is 0 Å². The van der Waals surface area contributed by atoms with Crippen LogP contribution < -0.4 is 0 Å². The Morgan fingerprint density at radius 1 is 1.25 bits per heavy atom. The first-order valence-electron chi connectivity index (χ1n) is 7.83. The molecule has 126 valence electrons. The van der Waals surface area contributed by atoms with E-state index in [1.165, 1.54) is 0 Å². The summed E-state index contributed by atoms with van der Waals surface area (Å²) in [7, 11) is 1.70. The van der Waals surface area contributed by atoms with Gasteiger partial charge in [0.2, 0.25) is 11.8 Å². The lowest BCUT2D eigenvalue weighted by Gasteiger charge is -2.36. The molecule has 1 aromatic carbocycles. The van der Waals surface area contributed by atoms with Crippen LogP contribution in [0.2, 0.25) is 0 Å². The van der Waals surface area contributed by atoms with Crippen LogP contribution in [-0.4, -0.2) is 47.9 Å². The normalized spacial score (nSPS) is 17.8. The Morgan fingerprint density at radius 3 is 2.75 bits per heavy atom. The molecule has 0 radical (unpaired) electrons. The Morgan fingerprint density at radius 2 is 2.04 bits per heavy atom. The van der Waals surface area contributed by atoms with E-state index in [4.69, 9.17) is 9.15 Å². The molecule has 1 aliphatic rings. The molecule has 0 N–H and O–H groups in total. The predicted octanol–water partition coefficient (Wildman–Crippen LogP) is 1.67. The second kappa shape index (κ2) is 7.31. The summed E-state index contributed by atoms with van der Waals surface area (Å²) in [6.45, 7) is 0.974. The van der Waals surface area contributed by atoms with Gasteiger partial charge in [-0.3, -0.25) is 9.59 Å². The summed E-state index contributed by atoms with van der Waals surface area (Å²) in [5, 5.41) is 0. The smallest absolute Gasteiger partial charge is 0.249 e. The Bertz CT molecular complexity index is 684. The number of ether oxygens (including phenoxy) is 1. The third-order valence-corrected chi connectivity index (χ3v) is 4.03. The molecule has 2 aromatic rings. The fourth-order valence-electron chi connectivity index (χ4n) is 2.76. The van der Waals surface area contributed by atoms with Crippen molar-refractivity contribution in [2.75, 3.05) is 20.3 Å². The third kappa shape index (κ3) is 3.65. The quantitative estimate of drug-likeness (QED) is 0.837. The molecule has 1 fully saturated rings. The topological polar surface area (TPSA) is 63.0 Å². The Balaban J connectivity index is 1.73. The van der Waals surface area contributed by atoms with Gasteiger partial charge in [-0.2, -0.15) is 0 Å². The van der Waals surface area contributed by atoms with Crippen LogP contribution in [0.15, 0.2) is 53.1 Å². The van der Waals surface area contributed by atoms with E-state index in [9.17, 15) is 9.59 Å². The number of carbonyl (C=O) groups is 2. The van der Waals surface area contributed by atoms with Gasteiger partial charge in [-0.15, -0.1) is 0 Å². The van der Waals surface area contributed by atoms with Crippen LogP contribution in [0.5, 0.6) is 0 Å². The molecule has 1 atom stereocenters. The number of likely N-dealkylation sites (N-methyl/N-ethyl adjacent to an activating group) is 1. The largest absolute Gasteiger partial charge is 0.467 e. The molecule has 0 spiro atoms. The SMILES string of the molecule is CN(Cc1ccco1)C(=O)[C@@H]1COCC(=O)N1Cc1ccccc1. The number of furan rings is 1. The highest BCUT2D eigenvalue weighted by Gasteiger charge is 2.35. The van der Waals surface area contributed by atoms with Gasteiger partial charge in [-0.25, -0.2) is 0 Å². The molecular weight excluding hydrogens is 308 g/mol. The third-order valence-electron chi connectivity index (χ3n) is 4.03. The number of morpholine rings is 1. The lowest BCUT2D eigenvalue weighted by Crippen LogP contribution is -2.56. The van der Waals surface area contributed by atoms with Crippen LogP contribution in [0.4, 0.5) is 0 Å². The van der Waals surface area contributed by atoms with Crippen molar-refractivity contribution in [3.8, 4) is 0 Å². The molecule has 2 amide bonds. The maximum absolute atomic E-state index is 12.8. The van der Waals surface area contributed by atoms with Gasteiger partial charge < -0.3 is 19.0 Å². The van der Waals surface area contributed by atoms with Gasteiger partial charge in [0.05, 0.1) is 19.4 Å². The number of hydrogen-bond donors (Lipinski definition) is 0. The lowest BCUT2D eigenvalue weighted by molar-refractivity contribution is -0.159. The molecule has 0 aliphatic carbocycles. The molecule has 1 aliphatic heterocycles. The number of carbonyl (C=O) groups excluding carboxylic acids is 2. The first-order chi connectivity index (χ1) is 11.6. The van der Waals surface area contributed by atoms with E-state index in [-0.39, 0.29) is 25.0 Å². The van der Waals surface area contributed by atoms with Gasteiger partial charge in [0.25, 0.3) is 0 Å². The van der Waals surface area contributed by atoms with Gasteiger partial charge in [-0.1, -0.05) is 30.3 Å². The molecule has 1 aromatic heterocycles. The number of hydrogen-bond acceptors (Lipinski definition) is 4. The van der Waals surface area contributed by atoms with E-state index in [1.807, 2.05) is 36.4 Å². The summed E-state index contributed by atoms with van der Waals surface area (Å²) in [6, 6.07) is 12.6. The fraction of sp³-hybridized carbons (Fsp3) is 0.333. The standard InChI is InChI=1S/C18H20N2O4/c1-19(11-15-8-5-9-24-15)18(22)16-12-23-13-17(21)20(16)10-14-6-3-2-4-7-14/h2-9,16H,10-13H2,1H3/t16-/m0/s1. The number of benzene rings is 1. The minimum atomic E-state index is -0.619. The minimum absolute atomic E-state index is 0.0124.